The zero-order valence-corrected chi connectivity index (χ0v) is 13.7. The van der Waals surface area contributed by atoms with Crippen LogP contribution in [0.15, 0.2) is 0 Å². The average Bonchev–Trinajstić information content (AvgIpc) is 3.23. The summed E-state index contributed by atoms with van der Waals surface area (Å²) in [6, 6.07) is 0.436. The van der Waals surface area contributed by atoms with Crippen molar-refractivity contribution in [2.45, 2.75) is 70.4 Å². The van der Waals surface area contributed by atoms with Crippen molar-refractivity contribution in [2.24, 2.45) is 11.8 Å². The second-order valence-corrected chi connectivity index (χ2v) is 7.59. The Balaban J connectivity index is 1.88. The maximum absolute atomic E-state index is 10.0. The normalized spacial score (nSPS) is 24.3. The number of hydrogen-bond donors (Lipinski definition) is 2. The first-order valence-corrected chi connectivity index (χ1v) is 8.63. The van der Waals surface area contributed by atoms with Crippen molar-refractivity contribution in [1.82, 2.24) is 10.2 Å². The van der Waals surface area contributed by atoms with Crippen LogP contribution < -0.4 is 5.32 Å². The number of hydrogen-bond acceptors (Lipinski definition) is 3. The second-order valence-electron chi connectivity index (χ2n) is 7.59. The molecule has 2 aliphatic carbocycles. The minimum Gasteiger partial charge on any atom is -0.394 e. The highest BCUT2D eigenvalue weighted by Gasteiger charge is 2.45. The molecular formula is C17H34N2O. The Morgan fingerprint density at radius 3 is 2.30 bits per heavy atom. The minimum absolute atomic E-state index is 0.0718. The van der Waals surface area contributed by atoms with Gasteiger partial charge in [-0.15, -0.1) is 0 Å². The molecule has 0 amide bonds. The van der Waals surface area contributed by atoms with Gasteiger partial charge in [0.05, 0.1) is 12.1 Å². The molecule has 0 aliphatic heterocycles. The van der Waals surface area contributed by atoms with E-state index in [9.17, 15) is 5.11 Å². The Morgan fingerprint density at radius 2 is 1.80 bits per heavy atom. The van der Waals surface area contributed by atoms with Gasteiger partial charge in [0.25, 0.3) is 0 Å². The molecule has 2 aliphatic rings. The summed E-state index contributed by atoms with van der Waals surface area (Å²) in [5, 5.41) is 13.7. The van der Waals surface area contributed by atoms with Gasteiger partial charge in [-0.2, -0.15) is 0 Å². The van der Waals surface area contributed by atoms with Crippen LogP contribution in [0.4, 0.5) is 0 Å². The Hall–Kier alpha value is -0.120. The van der Waals surface area contributed by atoms with Gasteiger partial charge in [0, 0.05) is 19.1 Å². The van der Waals surface area contributed by atoms with Gasteiger partial charge in [-0.25, -0.2) is 0 Å². The van der Waals surface area contributed by atoms with E-state index in [0.29, 0.717) is 12.0 Å². The molecule has 0 bridgehead atoms. The summed E-state index contributed by atoms with van der Waals surface area (Å²) in [6.45, 7) is 6.84. The lowest BCUT2D eigenvalue weighted by Crippen LogP contribution is -2.59. The SMILES string of the molecule is CC(C)NC(CO)(CN(C)CC1CCCCC1)C1CC1. The topological polar surface area (TPSA) is 35.5 Å². The Labute approximate surface area is 125 Å². The molecule has 0 aromatic heterocycles. The number of rotatable bonds is 8. The van der Waals surface area contributed by atoms with E-state index in [-0.39, 0.29) is 12.1 Å². The molecule has 2 N–H and O–H groups in total. The Morgan fingerprint density at radius 1 is 1.15 bits per heavy atom. The summed E-state index contributed by atoms with van der Waals surface area (Å²) < 4.78 is 0. The van der Waals surface area contributed by atoms with Gasteiger partial charge < -0.3 is 15.3 Å². The maximum Gasteiger partial charge on any atom is 0.0628 e. The number of aliphatic hydroxyl groups excluding tert-OH is 1. The first-order valence-electron chi connectivity index (χ1n) is 8.63. The molecule has 3 heteroatoms. The van der Waals surface area contributed by atoms with Gasteiger partial charge in [-0.3, -0.25) is 0 Å². The molecule has 2 fully saturated rings. The predicted octanol–water partition coefficient (Wildman–Crippen LogP) is 2.64. The van der Waals surface area contributed by atoms with Gasteiger partial charge in [-0.05, 0) is 44.6 Å². The van der Waals surface area contributed by atoms with Gasteiger partial charge in [-0.1, -0.05) is 33.1 Å². The summed E-state index contributed by atoms with van der Waals surface area (Å²) >= 11 is 0. The van der Waals surface area contributed by atoms with Gasteiger partial charge >= 0.3 is 0 Å². The molecule has 2 saturated carbocycles. The molecule has 3 nitrogen and oxygen atoms in total. The summed E-state index contributed by atoms with van der Waals surface area (Å²) in [6.07, 6.45) is 9.61. The highest BCUT2D eigenvalue weighted by Crippen LogP contribution is 2.40. The lowest BCUT2D eigenvalue weighted by molar-refractivity contribution is 0.0844. The van der Waals surface area contributed by atoms with Crippen LogP contribution in [0.2, 0.25) is 0 Å². The fourth-order valence-electron chi connectivity index (χ4n) is 4.08. The fraction of sp³-hybridized carbons (Fsp3) is 1.00. The number of nitrogens with zero attached hydrogens (tertiary/aromatic N) is 1. The highest BCUT2D eigenvalue weighted by atomic mass is 16.3. The van der Waals surface area contributed by atoms with Crippen LogP contribution in [0.5, 0.6) is 0 Å². The zero-order valence-electron chi connectivity index (χ0n) is 13.7. The summed E-state index contributed by atoms with van der Waals surface area (Å²) in [4.78, 5) is 2.47. The van der Waals surface area contributed by atoms with E-state index >= 15 is 0 Å². The minimum atomic E-state index is -0.0718. The lowest BCUT2D eigenvalue weighted by Gasteiger charge is -2.40. The van der Waals surface area contributed by atoms with Crippen molar-refractivity contribution in [3.8, 4) is 0 Å². The fourth-order valence-corrected chi connectivity index (χ4v) is 4.08. The highest BCUT2D eigenvalue weighted by molar-refractivity contribution is 5.03. The summed E-state index contributed by atoms with van der Waals surface area (Å²) in [5.74, 6) is 1.55. The van der Waals surface area contributed by atoms with E-state index in [1.165, 1.54) is 51.5 Å². The van der Waals surface area contributed by atoms with Crippen molar-refractivity contribution >= 4 is 0 Å². The van der Waals surface area contributed by atoms with E-state index in [0.717, 1.165) is 12.5 Å². The van der Waals surface area contributed by atoms with Crippen LogP contribution in [0.3, 0.4) is 0 Å². The predicted molar refractivity (Wildman–Crippen MR) is 84.9 cm³/mol. The van der Waals surface area contributed by atoms with Crippen LogP contribution in [0.25, 0.3) is 0 Å². The van der Waals surface area contributed by atoms with Crippen molar-refractivity contribution < 1.29 is 5.11 Å². The molecule has 0 radical (unpaired) electrons. The standard InChI is InChI=1S/C17H34N2O/c1-14(2)18-17(13-20,16-9-10-16)12-19(3)11-15-7-5-4-6-8-15/h14-16,18,20H,4-13H2,1-3H3. The van der Waals surface area contributed by atoms with Crippen LogP contribution in [0.1, 0.15) is 58.8 Å². The van der Waals surface area contributed by atoms with Crippen LogP contribution in [-0.4, -0.2) is 48.3 Å². The average molecular weight is 282 g/mol. The molecule has 0 heterocycles. The molecule has 0 aromatic carbocycles. The number of nitrogens with one attached hydrogen (secondary N) is 1. The summed E-state index contributed by atoms with van der Waals surface area (Å²) in [5.41, 5.74) is -0.0718. The Kier molecular flexibility index (Phi) is 5.88. The van der Waals surface area contributed by atoms with Crippen LogP contribution in [-0.2, 0) is 0 Å². The Bertz CT molecular complexity index is 285. The third-order valence-corrected chi connectivity index (χ3v) is 5.06. The van der Waals surface area contributed by atoms with E-state index in [2.05, 4.69) is 31.1 Å². The van der Waals surface area contributed by atoms with Gasteiger partial charge in [0.15, 0.2) is 0 Å². The van der Waals surface area contributed by atoms with E-state index in [1.807, 2.05) is 0 Å². The van der Waals surface area contributed by atoms with Crippen molar-refractivity contribution in [3.05, 3.63) is 0 Å². The molecule has 118 valence electrons. The third kappa shape index (κ3) is 4.44. The first kappa shape index (κ1) is 16.3. The molecule has 2 rings (SSSR count). The van der Waals surface area contributed by atoms with Crippen LogP contribution >= 0.6 is 0 Å². The van der Waals surface area contributed by atoms with Crippen molar-refractivity contribution in [2.75, 3.05) is 26.7 Å². The van der Waals surface area contributed by atoms with Crippen molar-refractivity contribution in [1.29, 1.82) is 0 Å². The van der Waals surface area contributed by atoms with Crippen molar-refractivity contribution in [3.63, 3.8) is 0 Å². The smallest absolute Gasteiger partial charge is 0.0628 e. The van der Waals surface area contributed by atoms with E-state index < -0.39 is 0 Å². The van der Waals surface area contributed by atoms with E-state index in [4.69, 9.17) is 0 Å². The second kappa shape index (κ2) is 7.24. The number of likely N-dealkylation sites (N-methyl/N-ethyl adjacent to an activating group) is 1. The quantitative estimate of drug-likeness (QED) is 0.718. The maximum atomic E-state index is 10.0. The lowest BCUT2D eigenvalue weighted by atomic mass is 9.87. The molecule has 1 atom stereocenters. The summed E-state index contributed by atoms with van der Waals surface area (Å²) in [7, 11) is 2.24. The first-order chi connectivity index (χ1) is 9.55. The zero-order chi connectivity index (χ0) is 14.6. The van der Waals surface area contributed by atoms with Crippen LogP contribution in [0, 0.1) is 11.8 Å². The molecule has 1 unspecified atom stereocenters. The monoisotopic (exact) mass is 282 g/mol. The van der Waals surface area contributed by atoms with E-state index in [1.54, 1.807) is 0 Å². The largest absolute Gasteiger partial charge is 0.394 e. The molecular weight excluding hydrogens is 248 g/mol. The van der Waals surface area contributed by atoms with Gasteiger partial charge in [0.2, 0.25) is 0 Å². The number of aliphatic hydroxyl groups is 1. The third-order valence-electron chi connectivity index (χ3n) is 5.06. The molecule has 0 aromatic rings. The van der Waals surface area contributed by atoms with Gasteiger partial charge in [0.1, 0.15) is 0 Å². The molecule has 20 heavy (non-hydrogen) atoms. The molecule has 0 saturated heterocycles. The molecule has 0 spiro atoms.